The highest BCUT2D eigenvalue weighted by molar-refractivity contribution is 9.10. The van der Waals surface area contributed by atoms with Crippen molar-refractivity contribution in [2.45, 2.75) is 32.2 Å². The van der Waals surface area contributed by atoms with Crippen molar-refractivity contribution in [2.75, 3.05) is 6.54 Å². The van der Waals surface area contributed by atoms with Gasteiger partial charge in [-0.3, -0.25) is 9.59 Å². The molecule has 5 nitrogen and oxygen atoms in total. The Labute approximate surface area is 167 Å². The second-order valence-electron chi connectivity index (χ2n) is 6.49. The molecule has 1 unspecified atom stereocenters. The molecule has 2 aromatic rings. The zero-order valence-corrected chi connectivity index (χ0v) is 16.8. The number of carbonyl (C=O) groups is 2. The summed E-state index contributed by atoms with van der Waals surface area (Å²) in [5.74, 6) is -0.261. The first-order valence-corrected chi connectivity index (χ1v) is 9.81. The predicted molar refractivity (Wildman–Crippen MR) is 109 cm³/mol. The molecule has 2 aromatic carbocycles. The van der Waals surface area contributed by atoms with Crippen LogP contribution in [-0.4, -0.2) is 29.1 Å². The van der Waals surface area contributed by atoms with E-state index in [1.54, 1.807) is 0 Å². The van der Waals surface area contributed by atoms with Crippen LogP contribution in [0.5, 0.6) is 0 Å². The lowest BCUT2D eigenvalue weighted by Crippen LogP contribution is -2.29. The van der Waals surface area contributed by atoms with E-state index < -0.39 is 0 Å². The molecule has 27 heavy (non-hydrogen) atoms. The van der Waals surface area contributed by atoms with Crippen LogP contribution in [0.1, 0.15) is 43.4 Å². The number of halogens is 1. The van der Waals surface area contributed by atoms with E-state index in [9.17, 15) is 9.59 Å². The van der Waals surface area contributed by atoms with E-state index in [1.165, 1.54) is 5.01 Å². The lowest BCUT2D eigenvalue weighted by atomic mass is 10.1. The summed E-state index contributed by atoms with van der Waals surface area (Å²) in [6, 6.07) is 17.5. The third-order valence-electron chi connectivity index (χ3n) is 4.51. The molecule has 1 heterocycles. The molecule has 0 saturated heterocycles. The molecule has 2 amide bonds. The summed E-state index contributed by atoms with van der Waals surface area (Å²) in [7, 11) is 0. The summed E-state index contributed by atoms with van der Waals surface area (Å²) in [5.41, 5.74) is 2.96. The highest BCUT2D eigenvalue weighted by atomic mass is 79.9. The van der Waals surface area contributed by atoms with Crippen LogP contribution in [0, 0.1) is 0 Å². The summed E-state index contributed by atoms with van der Waals surface area (Å²) in [6.45, 7) is 2.49. The second-order valence-corrected chi connectivity index (χ2v) is 7.34. The molecule has 0 aliphatic carbocycles. The van der Waals surface area contributed by atoms with Gasteiger partial charge in [0.05, 0.1) is 18.3 Å². The average Bonchev–Trinajstić information content (AvgIpc) is 3.17. The monoisotopic (exact) mass is 427 g/mol. The van der Waals surface area contributed by atoms with Crippen LogP contribution < -0.4 is 5.32 Å². The lowest BCUT2D eigenvalue weighted by molar-refractivity contribution is -0.133. The number of benzene rings is 2. The average molecular weight is 428 g/mol. The molecule has 0 aromatic heterocycles. The first-order chi connectivity index (χ1) is 13.0. The highest BCUT2D eigenvalue weighted by Gasteiger charge is 2.22. The van der Waals surface area contributed by atoms with Crippen molar-refractivity contribution in [1.82, 2.24) is 10.3 Å². The van der Waals surface area contributed by atoms with Crippen molar-refractivity contribution in [3.05, 3.63) is 70.2 Å². The zero-order chi connectivity index (χ0) is 19.2. The fraction of sp³-hybridized carbons (Fsp3) is 0.286. The Morgan fingerprint density at radius 3 is 2.56 bits per heavy atom. The Morgan fingerprint density at radius 2 is 1.81 bits per heavy atom. The molecule has 1 N–H and O–H groups in total. The SMILES string of the molecule is CC(NC(=O)CCC(=O)N1CCC(c2ccccc2)=N1)c1ccccc1Br. The third-order valence-corrected chi connectivity index (χ3v) is 5.23. The molecule has 140 valence electrons. The largest absolute Gasteiger partial charge is 0.350 e. The molecule has 0 spiro atoms. The van der Waals surface area contributed by atoms with E-state index in [-0.39, 0.29) is 30.7 Å². The molecule has 1 aliphatic rings. The quantitative estimate of drug-likeness (QED) is 0.755. The number of nitrogens with zero attached hydrogens (tertiary/aromatic N) is 2. The van der Waals surface area contributed by atoms with Crippen LogP contribution in [0.4, 0.5) is 0 Å². The zero-order valence-electron chi connectivity index (χ0n) is 15.2. The Bertz CT molecular complexity index is 852. The molecule has 1 atom stereocenters. The van der Waals surface area contributed by atoms with Crippen molar-refractivity contribution in [3.8, 4) is 0 Å². The number of carbonyl (C=O) groups excluding carboxylic acids is 2. The molecule has 6 heteroatoms. The van der Waals surface area contributed by atoms with Gasteiger partial charge in [-0.25, -0.2) is 5.01 Å². The fourth-order valence-electron chi connectivity index (χ4n) is 3.04. The normalized spacial score (nSPS) is 14.6. The maximum atomic E-state index is 12.4. The van der Waals surface area contributed by atoms with Gasteiger partial charge in [0.2, 0.25) is 11.8 Å². The summed E-state index contributed by atoms with van der Waals surface area (Å²) < 4.78 is 0.953. The van der Waals surface area contributed by atoms with Crippen molar-refractivity contribution in [2.24, 2.45) is 5.10 Å². The number of hydrazone groups is 1. The number of amides is 2. The smallest absolute Gasteiger partial charge is 0.243 e. The van der Waals surface area contributed by atoms with E-state index in [0.29, 0.717) is 6.54 Å². The summed E-state index contributed by atoms with van der Waals surface area (Å²) in [5, 5.41) is 8.84. The second kappa shape index (κ2) is 8.95. The number of rotatable bonds is 6. The van der Waals surface area contributed by atoms with Crippen molar-refractivity contribution in [3.63, 3.8) is 0 Å². The van der Waals surface area contributed by atoms with Gasteiger partial charge >= 0.3 is 0 Å². The van der Waals surface area contributed by atoms with E-state index in [4.69, 9.17) is 0 Å². The predicted octanol–water partition coefficient (Wildman–Crippen LogP) is 4.04. The van der Waals surface area contributed by atoms with E-state index >= 15 is 0 Å². The number of hydrogen-bond donors (Lipinski definition) is 1. The molecule has 0 radical (unpaired) electrons. The summed E-state index contributed by atoms with van der Waals surface area (Å²) >= 11 is 3.49. The van der Waals surface area contributed by atoms with Gasteiger partial charge in [-0.1, -0.05) is 64.5 Å². The van der Waals surface area contributed by atoms with E-state index in [0.717, 1.165) is 27.7 Å². The van der Waals surface area contributed by atoms with Gasteiger partial charge in [0.1, 0.15) is 0 Å². The number of nitrogens with one attached hydrogen (secondary N) is 1. The summed E-state index contributed by atoms with van der Waals surface area (Å²) in [6.07, 6.45) is 1.04. The summed E-state index contributed by atoms with van der Waals surface area (Å²) in [4.78, 5) is 24.6. The van der Waals surface area contributed by atoms with Gasteiger partial charge in [0.25, 0.3) is 0 Å². The van der Waals surface area contributed by atoms with Crippen LogP contribution in [-0.2, 0) is 9.59 Å². The van der Waals surface area contributed by atoms with E-state index in [1.807, 2.05) is 61.5 Å². The minimum Gasteiger partial charge on any atom is -0.350 e. The van der Waals surface area contributed by atoms with E-state index in [2.05, 4.69) is 26.3 Å². The van der Waals surface area contributed by atoms with Crippen LogP contribution in [0.2, 0.25) is 0 Å². The molecule has 3 rings (SSSR count). The standard InChI is InChI=1S/C21H22BrN3O2/c1-15(17-9-5-6-10-18(17)22)23-20(26)11-12-21(27)25-14-13-19(24-25)16-7-3-2-4-8-16/h2-10,15H,11-14H2,1H3,(H,23,26). The molecular formula is C21H22BrN3O2. The minimum atomic E-state index is -0.141. The topological polar surface area (TPSA) is 61.8 Å². The first kappa shape index (κ1) is 19.3. The van der Waals surface area contributed by atoms with Gasteiger partial charge in [-0.2, -0.15) is 5.10 Å². The highest BCUT2D eigenvalue weighted by Crippen LogP contribution is 2.23. The number of hydrogen-bond acceptors (Lipinski definition) is 3. The van der Waals surface area contributed by atoms with Crippen LogP contribution in [0.3, 0.4) is 0 Å². The van der Waals surface area contributed by atoms with Gasteiger partial charge in [-0.15, -0.1) is 0 Å². The first-order valence-electron chi connectivity index (χ1n) is 9.01. The van der Waals surface area contributed by atoms with Gasteiger partial charge in [0, 0.05) is 23.7 Å². The molecule has 0 bridgehead atoms. The maximum Gasteiger partial charge on any atom is 0.243 e. The maximum absolute atomic E-state index is 12.4. The van der Waals surface area contributed by atoms with Gasteiger partial charge in [-0.05, 0) is 24.1 Å². The Kier molecular flexibility index (Phi) is 6.40. The molecule has 0 saturated carbocycles. The van der Waals surface area contributed by atoms with Crippen LogP contribution in [0.25, 0.3) is 0 Å². The van der Waals surface area contributed by atoms with Crippen LogP contribution >= 0.6 is 15.9 Å². The molecular weight excluding hydrogens is 406 g/mol. The van der Waals surface area contributed by atoms with Gasteiger partial charge in [0.15, 0.2) is 0 Å². The molecule has 1 aliphatic heterocycles. The van der Waals surface area contributed by atoms with Crippen LogP contribution in [0.15, 0.2) is 64.2 Å². The van der Waals surface area contributed by atoms with Crippen molar-refractivity contribution >= 4 is 33.5 Å². The van der Waals surface area contributed by atoms with Gasteiger partial charge < -0.3 is 5.32 Å². The Hall–Kier alpha value is -2.47. The molecule has 0 fully saturated rings. The fourth-order valence-corrected chi connectivity index (χ4v) is 3.67. The third kappa shape index (κ3) is 5.04. The van der Waals surface area contributed by atoms with Crippen molar-refractivity contribution in [1.29, 1.82) is 0 Å². The Balaban J connectivity index is 1.50. The minimum absolute atomic E-state index is 0.121. The lowest BCUT2D eigenvalue weighted by Gasteiger charge is -2.16. The Morgan fingerprint density at radius 1 is 1.11 bits per heavy atom. The van der Waals surface area contributed by atoms with Crippen molar-refractivity contribution < 1.29 is 9.59 Å².